The second kappa shape index (κ2) is 7.71. The van der Waals surface area contributed by atoms with Gasteiger partial charge < -0.3 is 4.57 Å². The van der Waals surface area contributed by atoms with Crippen LogP contribution in [0, 0.1) is 6.92 Å². The van der Waals surface area contributed by atoms with E-state index < -0.39 is 6.55 Å². The first kappa shape index (κ1) is 18.6. The van der Waals surface area contributed by atoms with Crippen LogP contribution in [0.1, 0.15) is 24.9 Å². The van der Waals surface area contributed by atoms with Crippen molar-refractivity contribution in [3.8, 4) is 11.4 Å². The molecule has 8 heteroatoms. The van der Waals surface area contributed by atoms with Crippen LogP contribution >= 0.6 is 11.8 Å². The van der Waals surface area contributed by atoms with Crippen LogP contribution in [-0.4, -0.2) is 24.3 Å². The summed E-state index contributed by atoms with van der Waals surface area (Å²) in [4.78, 5) is 4.39. The van der Waals surface area contributed by atoms with Gasteiger partial charge in [-0.3, -0.25) is 4.57 Å². The van der Waals surface area contributed by atoms with E-state index in [1.165, 1.54) is 11.8 Å². The fraction of sp³-hybridized carbons (Fsp3) is 0.250. The number of para-hydroxylation sites is 2. The summed E-state index contributed by atoms with van der Waals surface area (Å²) in [5, 5.41) is 9.30. The quantitative estimate of drug-likeness (QED) is 0.412. The van der Waals surface area contributed by atoms with Gasteiger partial charge in [-0.15, -0.1) is 10.2 Å². The fourth-order valence-corrected chi connectivity index (χ4v) is 4.15. The van der Waals surface area contributed by atoms with E-state index >= 15 is 0 Å². The van der Waals surface area contributed by atoms with Crippen molar-refractivity contribution in [2.75, 3.05) is 0 Å². The first-order valence-corrected chi connectivity index (χ1v) is 9.94. The number of aryl methyl sites for hydroxylation is 1. The molecule has 0 aliphatic carbocycles. The zero-order chi connectivity index (χ0) is 19.7. The van der Waals surface area contributed by atoms with E-state index in [1.807, 2.05) is 36.6 Å². The van der Waals surface area contributed by atoms with Gasteiger partial charge in [0.25, 0.3) is 0 Å². The van der Waals surface area contributed by atoms with E-state index in [4.69, 9.17) is 0 Å². The van der Waals surface area contributed by atoms with Crippen molar-refractivity contribution in [2.24, 2.45) is 0 Å². The lowest BCUT2D eigenvalue weighted by Gasteiger charge is -2.09. The Morgan fingerprint density at radius 3 is 2.64 bits per heavy atom. The molecule has 0 N–H and O–H groups in total. The van der Waals surface area contributed by atoms with Gasteiger partial charge in [0, 0.05) is 12.1 Å². The molecule has 0 fully saturated rings. The van der Waals surface area contributed by atoms with Crippen molar-refractivity contribution in [2.45, 2.75) is 37.9 Å². The van der Waals surface area contributed by atoms with Crippen molar-refractivity contribution in [1.29, 1.82) is 0 Å². The Kier molecular flexibility index (Phi) is 5.13. The molecule has 0 aliphatic heterocycles. The van der Waals surface area contributed by atoms with Crippen molar-refractivity contribution in [3.05, 3.63) is 59.9 Å². The molecule has 0 unspecified atom stereocenters. The number of alkyl halides is 2. The van der Waals surface area contributed by atoms with E-state index in [-0.39, 0.29) is 5.75 Å². The Bertz CT molecular complexity index is 1120. The fourth-order valence-electron chi connectivity index (χ4n) is 3.22. The van der Waals surface area contributed by atoms with E-state index in [9.17, 15) is 8.78 Å². The molecule has 4 aromatic rings. The molecule has 5 nitrogen and oxygen atoms in total. The molecule has 0 radical (unpaired) electrons. The molecule has 4 rings (SSSR count). The van der Waals surface area contributed by atoms with Crippen molar-refractivity contribution in [1.82, 2.24) is 24.3 Å². The van der Waals surface area contributed by atoms with Gasteiger partial charge in [-0.05, 0) is 32.0 Å². The SMILES string of the molecule is CCn1c(SCc2nc3ccccc3n2C(F)F)nnc1-c1cccc(C)c1. The summed E-state index contributed by atoms with van der Waals surface area (Å²) in [5.41, 5.74) is 3.13. The highest BCUT2D eigenvalue weighted by atomic mass is 32.2. The van der Waals surface area contributed by atoms with Crippen LogP contribution in [0.25, 0.3) is 22.4 Å². The van der Waals surface area contributed by atoms with Crippen LogP contribution in [0.3, 0.4) is 0 Å². The van der Waals surface area contributed by atoms with Gasteiger partial charge in [-0.1, -0.05) is 47.7 Å². The van der Waals surface area contributed by atoms with E-state index in [2.05, 4.69) is 21.2 Å². The number of fused-ring (bicyclic) bond motifs is 1. The minimum atomic E-state index is -2.64. The number of halogens is 2. The summed E-state index contributed by atoms with van der Waals surface area (Å²) >= 11 is 1.36. The lowest BCUT2D eigenvalue weighted by Crippen LogP contribution is -2.04. The van der Waals surface area contributed by atoms with Gasteiger partial charge in [0.15, 0.2) is 11.0 Å². The maximum atomic E-state index is 13.6. The first-order valence-electron chi connectivity index (χ1n) is 8.95. The Hall–Kier alpha value is -2.74. The number of nitrogens with zero attached hydrogens (tertiary/aromatic N) is 5. The average molecular weight is 399 g/mol. The third-order valence-electron chi connectivity index (χ3n) is 4.50. The maximum absolute atomic E-state index is 13.6. The number of aromatic nitrogens is 5. The molecule has 2 aromatic carbocycles. The van der Waals surface area contributed by atoms with E-state index in [1.54, 1.807) is 24.3 Å². The summed E-state index contributed by atoms with van der Waals surface area (Å²) in [6.07, 6.45) is 0. The van der Waals surface area contributed by atoms with Crippen molar-refractivity contribution >= 4 is 22.8 Å². The Morgan fingerprint density at radius 1 is 1.07 bits per heavy atom. The molecular weight excluding hydrogens is 380 g/mol. The number of thioether (sulfide) groups is 1. The van der Waals surface area contributed by atoms with Crippen LogP contribution in [0.15, 0.2) is 53.7 Å². The topological polar surface area (TPSA) is 48.5 Å². The highest BCUT2D eigenvalue weighted by molar-refractivity contribution is 7.98. The van der Waals surface area contributed by atoms with Gasteiger partial charge in [0.2, 0.25) is 0 Å². The summed E-state index contributed by atoms with van der Waals surface area (Å²) in [5.74, 6) is 1.38. The molecule has 0 atom stereocenters. The second-order valence-corrected chi connectivity index (χ2v) is 7.32. The molecule has 2 heterocycles. The number of benzene rings is 2. The minimum absolute atomic E-state index is 0.283. The Labute approximate surface area is 165 Å². The van der Waals surface area contributed by atoms with E-state index in [0.29, 0.717) is 28.6 Å². The third-order valence-corrected chi connectivity index (χ3v) is 5.47. The summed E-state index contributed by atoms with van der Waals surface area (Å²) in [7, 11) is 0. The number of rotatable bonds is 6. The highest BCUT2D eigenvalue weighted by Gasteiger charge is 2.19. The lowest BCUT2D eigenvalue weighted by molar-refractivity contribution is 0.0722. The molecule has 0 bridgehead atoms. The van der Waals surface area contributed by atoms with Gasteiger partial charge in [0.1, 0.15) is 5.82 Å². The van der Waals surface area contributed by atoms with Crippen molar-refractivity contribution < 1.29 is 8.78 Å². The molecule has 28 heavy (non-hydrogen) atoms. The molecule has 0 spiro atoms. The molecule has 0 saturated heterocycles. The van der Waals surface area contributed by atoms with Crippen LogP contribution in [0.4, 0.5) is 8.78 Å². The number of imidazole rings is 1. The molecule has 0 aliphatic rings. The number of hydrogen-bond donors (Lipinski definition) is 0. The summed E-state index contributed by atoms with van der Waals surface area (Å²) in [6, 6.07) is 15.0. The lowest BCUT2D eigenvalue weighted by atomic mass is 10.1. The van der Waals surface area contributed by atoms with Crippen LogP contribution in [0.2, 0.25) is 0 Å². The summed E-state index contributed by atoms with van der Waals surface area (Å²) in [6.45, 7) is 2.08. The second-order valence-electron chi connectivity index (χ2n) is 6.37. The molecular formula is C20H19F2N5S. The standard InChI is InChI=1S/C20H19F2N5S/c1-3-26-18(14-8-6-7-13(2)11-14)24-25-20(26)28-12-17-23-15-9-4-5-10-16(15)27(17)19(21)22/h4-11,19H,3,12H2,1-2H3. The van der Waals surface area contributed by atoms with E-state index in [0.717, 1.165) is 21.5 Å². The molecule has 0 saturated carbocycles. The normalized spacial score (nSPS) is 11.6. The van der Waals surface area contributed by atoms with Crippen LogP contribution < -0.4 is 0 Å². The summed E-state index contributed by atoms with van der Waals surface area (Å²) < 4.78 is 30.2. The van der Waals surface area contributed by atoms with Gasteiger partial charge in [-0.25, -0.2) is 4.98 Å². The first-order chi connectivity index (χ1) is 13.6. The van der Waals surface area contributed by atoms with Gasteiger partial charge in [0.05, 0.1) is 16.8 Å². The highest BCUT2D eigenvalue weighted by Crippen LogP contribution is 2.30. The van der Waals surface area contributed by atoms with Crippen LogP contribution in [-0.2, 0) is 12.3 Å². The Morgan fingerprint density at radius 2 is 1.89 bits per heavy atom. The molecule has 0 amide bonds. The monoisotopic (exact) mass is 399 g/mol. The molecule has 2 aromatic heterocycles. The smallest absolute Gasteiger partial charge is 0.302 e. The zero-order valence-electron chi connectivity index (χ0n) is 15.5. The maximum Gasteiger partial charge on any atom is 0.320 e. The average Bonchev–Trinajstić information content (AvgIpc) is 3.26. The third kappa shape index (κ3) is 3.40. The largest absolute Gasteiger partial charge is 0.320 e. The number of hydrogen-bond acceptors (Lipinski definition) is 4. The molecule has 144 valence electrons. The predicted molar refractivity (Wildman–Crippen MR) is 106 cm³/mol. The predicted octanol–water partition coefficient (Wildman–Crippen LogP) is 5.31. The van der Waals surface area contributed by atoms with Crippen molar-refractivity contribution in [3.63, 3.8) is 0 Å². The minimum Gasteiger partial charge on any atom is -0.302 e. The van der Waals surface area contributed by atoms with Gasteiger partial charge >= 0.3 is 6.55 Å². The van der Waals surface area contributed by atoms with Gasteiger partial charge in [-0.2, -0.15) is 8.78 Å². The van der Waals surface area contributed by atoms with Crippen LogP contribution in [0.5, 0.6) is 0 Å². The Balaban J connectivity index is 1.64. The zero-order valence-corrected chi connectivity index (χ0v) is 16.3.